The van der Waals surface area contributed by atoms with Crippen LogP contribution in [0, 0.1) is 0 Å². The summed E-state index contributed by atoms with van der Waals surface area (Å²) in [6.07, 6.45) is 6.37. The van der Waals surface area contributed by atoms with E-state index in [4.69, 9.17) is 12.2 Å². The van der Waals surface area contributed by atoms with Crippen LogP contribution in [0.25, 0.3) is 6.08 Å². The Hall–Kier alpha value is -1.73. The molecule has 0 nitrogen and oxygen atoms in total. The van der Waals surface area contributed by atoms with Gasteiger partial charge in [-0.3, -0.25) is 0 Å². The Kier molecular flexibility index (Phi) is 5.05. The molecule has 0 saturated heterocycles. The molecular weight excluding hydrogens is 248 g/mol. The molecule has 0 heterocycles. The summed E-state index contributed by atoms with van der Waals surface area (Å²) in [5, 5.41) is 0. The van der Waals surface area contributed by atoms with E-state index in [1.807, 2.05) is 24.3 Å². The van der Waals surface area contributed by atoms with Gasteiger partial charge in [-0.1, -0.05) is 86.2 Å². The van der Waals surface area contributed by atoms with Gasteiger partial charge in [-0.2, -0.15) is 0 Å². The highest BCUT2D eigenvalue weighted by molar-refractivity contribution is 7.81. The van der Waals surface area contributed by atoms with Gasteiger partial charge in [0.1, 0.15) is 0 Å². The lowest BCUT2D eigenvalue weighted by Crippen LogP contribution is -1.93. The second kappa shape index (κ2) is 7.01. The zero-order chi connectivity index (χ0) is 13.5. The highest BCUT2D eigenvalue weighted by Crippen LogP contribution is 2.10. The van der Waals surface area contributed by atoms with Gasteiger partial charge >= 0.3 is 0 Å². The summed E-state index contributed by atoms with van der Waals surface area (Å²) in [7, 11) is 0. The lowest BCUT2D eigenvalue weighted by Gasteiger charge is -2.02. The number of aryl methyl sites for hydroxylation is 1. The van der Waals surface area contributed by atoms with Gasteiger partial charge in [-0.15, -0.1) is 0 Å². The molecule has 2 aromatic carbocycles. The summed E-state index contributed by atoms with van der Waals surface area (Å²) in [6.45, 7) is 2.20. The van der Waals surface area contributed by atoms with E-state index in [0.29, 0.717) is 0 Å². The number of hydrogen-bond acceptors (Lipinski definition) is 1. The third-order valence-corrected chi connectivity index (χ3v) is 3.38. The Morgan fingerprint density at radius 1 is 1.00 bits per heavy atom. The Morgan fingerprint density at radius 2 is 1.68 bits per heavy atom. The molecule has 0 radical (unpaired) electrons. The summed E-state index contributed by atoms with van der Waals surface area (Å²) in [6, 6.07) is 18.8. The Morgan fingerprint density at radius 3 is 2.32 bits per heavy atom. The second-order valence-electron chi connectivity index (χ2n) is 4.56. The third-order valence-electron chi connectivity index (χ3n) is 3.00. The largest absolute Gasteiger partial charge is 0.0795 e. The molecule has 0 aliphatic heterocycles. The van der Waals surface area contributed by atoms with E-state index in [-0.39, 0.29) is 0 Å². The van der Waals surface area contributed by atoms with Crippen LogP contribution in [0.4, 0.5) is 0 Å². The van der Waals surface area contributed by atoms with E-state index in [1.54, 1.807) is 0 Å². The first-order chi connectivity index (χ1) is 9.29. The van der Waals surface area contributed by atoms with Gasteiger partial charge in [0.15, 0.2) is 0 Å². The predicted molar refractivity (Wildman–Crippen MR) is 87.6 cm³/mol. The normalized spacial score (nSPS) is 10.8. The van der Waals surface area contributed by atoms with Crippen molar-refractivity contribution in [2.75, 3.05) is 0 Å². The van der Waals surface area contributed by atoms with Crippen LogP contribution < -0.4 is 0 Å². The van der Waals surface area contributed by atoms with Crippen LogP contribution in [0.3, 0.4) is 0 Å². The zero-order valence-electron chi connectivity index (χ0n) is 11.2. The van der Waals surface area contributed by atoms with Gasteiger partial charge in [0, 0.05) is 4.86 Å². The molecule has 0 aromatic heterocycles. The molecule has 2 aromatic rings. The minimum atomic E-state index is 0.881. The van der Waals surface area contributed by atoms with Crippen molar-refractivity contribution in [3.05, 3.63) is 77.4 Å². The maximum atomic E-state index is 5.44. The molecule has 0 fully saturated rings. The summed E-state index contributed by atoms with van der Waals surface area (Å²) in [5.74, 6) is 0. The van der Waals surface area contributed by atoms with E-state index in [9.17, 15) is 0 Å². The molecule has 0 bridgehead atoms. The highest BCUT2D eigenvalue weighted by Gasteiger charge is 1.97. The summed E-state index contributed by atoms with van der Waals surface area (Å²) >= 11 is 5.44. The number of hydrogen-bond donors (Lipinski definition) is 0. The molecule has 96 valence electrons. The lowest BCUT2D eigenvalue weighted by atomic mass is 10.1. The fourth-order valence-electron chi connectivity index (χ4n) is 1.96. The van der Waals surface area contributed by atoms with Crippen LogP contribution in [0.2, 0.25) is 0 Å². The minimum Gasteiger partial charge on any atom is -0.0795 e. The first kappa shape index (κ1) is 13.7. The van der Waals surface area contributed by atoms with E-state index < -0.39 is 0 Å². The van der Waals surface area contributed by atoms with Gasteiger partial charge < -0.3 is 0 Å². The quantitative estimate of drug-likeness (QED) is 0.413. The van der Waals surface area contributed by atoms with Crippen LogP contribution in [0.1, 0.15) is 30.0 Å². The predicted octanol–water partition coefficient (Wildman–Crippen LogP) is 5.07. The van der Waals surface area contributed by atoms with E-state index in [2.05, 4.69) is 49.4 Å². The maximum Gasteiger partial charge on any atom is 0.0449 e. The molecule has 0 spiro atoms. The van der Waals surface area contributed by atoms with Gasteiger partial charge in [0.25, 0.3) is 0 Å². The first-order valence-electron chi connectivity index (χ1n) is 6.66. The van der Waals surface area contributed by atoms with Crippen molar-refractivity contribution in [1.29, 1.82) is 0 Å². The van der Waals surface area contributed by atoms with E-state index >= 15 is 0 Å². The monoisotopic (exact) mass is 266 g/mol. The molecular formula is C18H18S. The van der Waals surface area contributed by atoms with Crippen LogP contribution in [-0.4, -0.2) is 4.86 Å². The molecule has 0 aliphatic rings. The SMILES string of the molecule is CCCc1ccc(C(=S)C=Cc2ccccc2)cc1. The minimum absolute atomic E-state index is 0.881. The Labute approximate surface area is 120 Å². The van der Waals surface area contributed by atoms with Crippen molar-refractivity contribution >= 4 is 23.2 Å². The average molecular weight is 266 g/mol. The topological polar surface area (TPSA) is 0 Å². The molecule has 0 aliphatic carbocycles. The smallest absolute Gasteiger partial charge is 0.0449 e. The van der Waals surface area contributed by atoms with Crippen LogP contribution >= 0.6 is 12.2 Å². The summed E-state index contributed by atoms with van der Waals surface area (Å²) in [5.41, 5.74) is 3.66. The van der Waals surface area contributed by atoms with Crippen molar-refractivity contribution in [3.63, 3.8) is 0 Å². The molecule has 1 heteroatoms. The fraction of sp³-hybridized carbons (Fsp3) is 0.167. The van der Waals surface area contributed by atoms with E-state index in [0.717, 1.165) is 16.8 Å². The van der Waals surface area contributed by atoms with E-state index in [1.165, 1.54) is 17.5 Å². The van der Waals surface area contributed by atoms with Crippen molar-refractivity contribution in [2.45, 2.75) is 19.8 Å². The van der Waals surface area contributed by atoms with Gasteiger partial charge in [-0.05, 0) is 29.2 Å². The van der Waals surface area contributed by atoms with Crippen LogP contribution in [0.5, 0.6) is 0 Å². The number of allylic oxidation sites excluding steroid dienone is 1. The Bertz CT molecular complexity index is 550. The summed E-state index contributed by atoms with van der Waals surface area (Å²) in [4.78, 5) is 0.881. The molecule has 0 atom stereocenters. The van der Waals surface area contributed by atoms with Crippen molar-refractivity contribution in [3.8, 4) is 0 Å². The van der Waals surface area contributed by atoms with Crippen molar-refractivity contribution in [2.24, 2.45) is 0 Å². The molecule has 0 amide bonds. The second-order valence-corrected chi connectivity index (χ2v) is 5.00. The molecule has 2 rings (SSSR count). The maximum absolute atomic E-state index is 5.44. The molecule has 19 heavy (non-hydrogen) atoms. The van der Waals surface area contributed by atoms with Crippen molar-refractivity contribution in [1.82, 2.24) is 0 Å². The van der Waals surface area contributed by atoms with Crippen molar-refractivity contribution < 1.29 is 0 Å². The highest BCUT2D eigenvalue weighted by atomic mass is 32.1. The number of thiocarbonyl (C=S) groups is 1. The third kappa shape index (κ3) is 4.15. The summed E-state index contributed by atoms with van der Waals surface area (Å²) < 4.78 is 0. The number of rotatable bonds is 5. The van der Waals surface area contributed by atoms with Gasteiger partial charge in [-0.25, -0.2) is 0 Å². The lowest BCUT2D eigenvalue weighted by molar-refractivity contribution is 0.922. The van der Waals surface area contributed by atoms with Crippen LogP contribution in [-0.2, 0) is 6.42 Å². The standard InChI is InChI=1S/C18H18S/c1-2-6-15-9-12-17(13-10-15)18(19)14-11-16-7-4-3-5-8-16/h3-5,7-14H,2,6H2,1H3. The number of benzene rings is 2. The first-order valence-corrected chi connectivity index (χ1v) is 7.07. The van der Waals surface area contributed by atoms with Crippen LogP contribution in [0.15, 0.2) is 60.7 Å². The molecule has 0 unspecified atom stereocenters. The molecule has 0 N–H and O–H groups in total. The fourth-order valence-corrected chi connectivity index (χ4v) is 2.16. The zero-order valence-corrected chi connectivity index (χ0v) is 12.0. The van der Waals surface area contributed by atoms with Gasteiger partial charge in [0.05, 0.1) is 0 Å². The molecule has 0 saturated carbocycles. The Balaban J connectivity index is 2.05. The van der Waals surface area contributed by atoms with Gasteiger partial charge in [0.2, 0.25) is 0 Å². The average Bonchev–Trinajstić information content (AvgIpc) is 2.47.